The Kier molecular flexibility index (Phi) is 6.48. The Labute approximate surface area is 180 Å². The zero-order valence-electron chi connectivity index (χ0n) is 17.2. The predicted molar refractivity (Wildman–Crippen MR) is 112 cm³/mol. The fourth-order valence-electron chi connectivity index (χ4n) is 3.13. The maximum Gasteiger partial charge on any atom is 0.335 e. The van der Waals surface area contributed by atoms with E-state index in [0.29, 0.717) is 17.7 Å². The van der Waals surface area contributed by atoms with Crippen molar-refractivity contribution in [3.63, 3.8) is 0 Å². The number of carbonyl (C=O) groups excluding carboxylic acids is 1. The van der Waals surface area contributed by atoms with Crippen LogP contribution in [0.25, 0.3) is 0 Å². The molecule has 31 heavy (non-hydrogen) atoms. The number of carbonyl (C=O) groups is 1. The molecular weight excluding hydrogens is 446 g/mol. The molecule has 1 aromatic heterocycles. The Morgan fingerprint density at radius 1 is 1.29 bits per heavy atom. The van der Waals surface area contributed by atoms with Gasteiger partial charge in [-0.3, -0.25) is 5.32 Å². The minimum absolute atomic E-state index is 0.0875. The number of aromatic nitrogens is 2. The minimum atomic E-state index is -4.50. The number of nitrogens with one attached hydrogen (secondary N) is 2. The molecule has 0 saturated heterocycles. The average molecular weight is 470 g/mol. The van der Waals surface area contributed by atoms with E-state index in [-0.39, 0.29) is 29.8 Å². The molecule has 1 aliphatic rings. The van der Waals surface area contributed by atoms with Crippen LogP contribution in [0, 0.1) is 6.92 Å². The van der Waals surface area contributed by atoms with E-state index in [1.807, 2.05) is 11.6 Å². The molecule has 0 radical (unpaired) electrons. The topological polar surface area (TPSA) is 148 Å². The van der Waals surface area contributed by atoms with Gasteiger partial charge in [0, 0.05) is 24.8 Å². The molecule has 168 valence electrons. The number of hydrogen-bond donors (Lipinski definition) is 2. The van der Waals surface area contributed by atoms with Gasteiger partial charge in [0.2, 0.25) is 21.9 Å². The summed E-state index contributed by atoms with van der Waals surface area (Å²) in [5, 5.41) is 2.22. The van der Waals surface area contributed by atoms with Crippen molar-refractivity contribution in [3.05, 3.63) is 35.5 Å². The van der Waals surface area contributed by atoms with Gasteiger partial charge in [0.1, 0.15) is 9.79 Å². The number of ether oxygens (including phenoxy) is 1. The minimum Gasteiger partial charge on any atom is -0.481 e. The van der Waals surface area contributed by atoms with E-state index in [2.05, 4.69) is 15.3 Å². The fraction of sp³-hybridized carbons (Fsp3) is 0.389. The standard InChI is InChI=1S/C18H23N5O6S2/c1-4-5-9-23-11-13-7-6-8-14(16(13)31(23,27)28)30(25,26)22-18(24)21-17-19-12(2)10-15(20-17)29-3/h6-8,10H,4-5,9,11H2,1-3H3,(H2,19,20,21,22,24). The highest BCUT2D eigenvalue weighted by Crippen LogP contribution is 2.35. The Balaban J connectivity index is 1.87. The highest BCUT2D eigenvalue weighted by molar-refractivity contribution is 7.93. The van der Waals surface area contributed by atoms with Crippen molar-refractivity contribution < 1.29 is 26.4 Å². The molecule has 2 amide bonds. The van der Waals surface area contributed by atoms with Crippen molar-refractivity contribution in [1.82, 2.24) is 19.0 Å². The van der Waals surface area contributed by atoms with Gasteiger partial charge < -0.3 is 4.74 Å². The number of unbranched alkanes of at least 4 members (excludes halogenated alkanes) is 1. The first kappa shape index (κ1) is 22.9. The molecule has 2 aromatic rings. The number of urea groups is 1. The summed E-state index contributed by atoms with van der Waals surface area (Å²) in [7, 11) is -7.12. The lowest BCUT2D eigenvalue weighted by Gasteiger charge is -2.14. The fourth-order valence-corrected chi connectivity index (χ4v) is 6.54. The monoisotopic (exact) mass is 469 g/mol. The number of hydrogen-bond acceptors (Lipinski definition) is 8. The lowest BCUT2D eigenvalue weighted by molar-refractivity contribution is 0.256. The Bertz CT molecular complexity index is 1210. The largest absolute Gasteiger partial charge is 0.481 e. The summed E-state index contributed by atoms with van der Waals surface area (Å²) in [6.07, 6.45) is 1.44. The van der Waals surface area contributed by atoms with Gasteiger partial charge in [-0.05, 0) is 25.0 Å². The van der Waals surface area contributed by atoms with Gasteiger partial charge in [0.15, 0.2) is 0 Å². The molecule has 0 bridgehead atoms. The summed E-state index contributed by atoms with van der Waals surface area (Å²) in [5.41, 5.74) is 0.857. The second-order valence-corrected chi connectivity index (χ2v) is 10.4. The highest BCUT2D eigenvalue weighted by Gasteiger charge is 2.39. The summed E-state index contributed by atoms with van der Waals surface area (Å²) >= 11 is 0. The second-order valence-electron chi connectivity index (χ2n) is 6.87. The van der Waals surface area contributed by atoms with E-state index < -0.39 is 31.0 Å². The number of sulfonamides is 2. The molecule has 1 aliphatic heterocycles. The van der Waals surface area contributed by atoms with Crippen molar-refractivity contribution in [2.24, 2.45) is 0 Å². The number of nitrogens with zero attached hydrogens (tertiary/aromatic N) is 3. The Hall–Kier alpha value is -2.77. The first-order valence-corrected chi connectivity index (χ1v) is 12.4. The second kappa shape index (κ2) is 8.77. The van der Waals surface area contributed by atoms with Crippen LogP contribution in [0.3, 0.4) is 0 Å². The maximum absolute atomic E-state index is 12.9. The molecule has 11 nitrogen and oxygen atoms in total. The molecule has 0 unspecified atom stereocenters. The number of anilines is 1. The summed E-state index contributed by atoms with van der Waals surface area (Å²) in [6.45, 7) is 3.95. The highest BCUT2D eigenvalue weighted by atomic mass is 32.2. The number of benzene rings is 1. The normalized spacial score (nSPS) is 15.3. The first-order valence-electron chi connectivity index (χ1n) is 9.44. The zero-order chi connectivity index (χ0) is 22.8. The predicted octanol–water partition coefficient (Wildman–Crippen LogP) is 1.61. The van der Waals surface area contributed by atoms with Crippen LogP contribution >= 0.6 is 0 Å². The maximum atomic E-state index is 12.9. The van der Waals surface area contributed by atoms with Crippen LogP contribution in [0.4, 0.5) is 10.7 Å². The molecule has 0 fully saturated rings. The van der Waals surface area contributed by atoms with Crippen LogP contribution < -0.4 is 14.8 Å². The van der Waals surface area contributed by atoms with Crippen molar-refractivity contribution in [1.29, 1.82) is 0 Å². The van der Waals surface area contributed by atoms with Crippen LogP contribution in [0.1, 0.15) is 31.0 Å². The molecular formula is C18H23N5O6S2. The number of aryl methyl sites for hydroxylation is 1. The van der Waals surface area contributed by atoms with E-state index in [0.717, 1.165) is 12.5 Å². The van der Waals surface area contributed by atoms with E-state index >= 15 is 0 Å². The van der Waals surface area contributed by atoms with Gasteiger partial charge in [0.05, 0.1) is 7.11 Å². The number of methoxy groups -OCH3 is 1. The van der Waals surface area contributed by atoms with Gasteiger partial charge in [-0.2, -0.15) is 9.29 Å². The number of fused-ring (bicyclic) bond motifs is 1. The molecule has 0 atom stereocenters. The van der Waals surface area contributed by atoms with E-state index in [9.17, 15) is 21.6 Å². The molecule has 2 N–H and O–H groups in total. The van der Waals surface area contributed by atoms with Gasteiger partial charge in [0.25, 0.3) is 10.0 Å². The van der Waals surface area contributed by atoms with E-state index in [4.69, 9.17) is 4.74 Å². The summed E-state index contributed by atoms with van der Waals surface area (Å²) in [5.74, 6) is 0.0194. The third kappa shape index (κ3) is 4.78. The average Bonchev–Trinajstić information content (AvgIpc) is 2.95. The van der Waals surface area contributed by atoms with Crippen LogP contribution in [-0.2, 0) is 26.6 Å². The molecule has 2 heterocycles. The summed E-state index contributed by atoms with van der Waals surface area (Å²) < 4.78 is 59.7. The van der Waals surface area contributed by atoms with E-state index in [1.54, 1.807) is 13.0 Å². The van der Waals surface area contributed by atoms with Gasteiger partial charge in [-0.15, -0.1) is 0 Å². The van der Waals surface area contributed by atoms with Crippen molar-refractivity contribution >= 4 is 32.0 Å². The first-order chi connectivity index (χ1) is 14.6. The molecule has 3 rings (SSSR count). The van der Waals surface area contributed by atoms with Crippen LogP contribution in [0.2, 0.25) is 0 Å². The van der Waals surface area contributed by atoms with Crippen molar-refractivity contribution in [2.75, 3.05) is 19.0 Å². The third-order valence-corrected chi connectivity index (χ3v) is 8.04. The molecule has 0 saturated carbocycles. The van der Waals surface area contributed by atoms with Crippen molar-refractivity contribution in [3.8, 4) is 5.88 Å². The van der Waals surface area contributed by atoms with E-state index in [1.165, 1.54) is 23.5 Å². The SMILES string of the molecule is CCCCN1Cc2cccc(S(=O)(=O)NC(=O)Nc3nc(C)cc(OC)n3)c2S1(=O)=O. The van der Waals surface area contributed by atoms with Gasteiger partial charge >= 0.3 is 6.03 Å². The quantitative estimate of drug-likeness (QED) is 0.621. The van der Waals surface area contributed by atoms with Crippen molar-refractivity contribution in [2.45, 2.75) is 43.0 Å². The molecule has 0 aliphatic carbocycles. The smallest absolute Gasteiger partial charge is 0.335 e. The van der Waals surface area contributed by atoms with Crippen LogP contribution in [0.5, 0.6) is 5.88 Å². The molecule has 13 heteroatoms. The van der Waals surface area contributed by atoms with Gasteiger partial charge in [-0.25, -0.2) is 31.3 Å². The molecule has 0 spiro atoms. The summed E-state index contributed by atoms with van der Waals surface area (Å²) in [6, 6.07) is 4.55. The van der Waals surface area contributed by atoms with Crippen LogP contribution in [0.15, 0.2) is 34.1 Å². The molecule has 1 aromatic carbocycles. The van der Waals surface area contributed by atoms with Crippen LogP contribution in [-0.4, -0.2) is 50.8 Å². The zero-order valence-corrected chi connectivity index (χ0v) is 18.9. The Morgan fingerprint density at radius 3 is 2.71 bits per heavy atom. The number of amides is 2. The lowest BCUT2D eigenvalue weighted by atomic mass is 10.2. The Morgan fingerprint density at radius 2 is 2.03 bits per heavy atom. The third-order valence-electron chi connectivity index (χ3n) is 4.55. The number of rotatable bonds is 7. The lowest BCUT2D eigenvalue weighted by Crippen LogP contribution is -2.36. The summed E-state index contributed by atoms with van der Waals surface area (Å²) in [4.78, 5) is 19.4. The van der Waals surface area contributed by atoms with Gasteiger partial charge in [-0.1, -0.05) is 25.5 Å².